The number of fused-ring (bicyclic) bond motifs is 1. The van der Waals surface area contributed by atoms with Crippen molar-refractivity contribution in [3.8, 4) is 5.75 Å². The zero-order valence-electron chi connectivity index (χ0n) is 15.0. The first-order valence-electron chi connectivity index (χ1n) is 8.57. The molecule has 29 heavy (non-hydrogen) atoms. The molecule has 0 aliphatic carbocycles. The summed E-state index contributed by atoms with van der Waals surface area (Å²) < 4.78 is 45.4. The van der Waals surface area contributed by atoms with Crippen molar-refractivity contribution >= 4 is 16.7 Å². The predicted octanol–water partition coefficient (Wildman–Crippen LogP) is 2.56. The number of rotatable bonds is 6. The second kappa shape index (κ2) is 7.96. The molecule has 2 aromatic carbocycles. The van der Waals surface area contributed by atoms with Crippen molar-refractivity contribution in [1.29, 1.82) is 0 Å². The summed E-state index contributed by atoms with van der Waals surface area (Å²) in [4.78, 5) is 23.5. The molecule has 0 spiro atoms. The lowest BCUT2D eigenvalue weighted by atomic mass is 10.1. The van der Waals surface area contributed by atoms with Gasteiger partial charge in [0.1, 0.15) is 29.7 Å². The summed E-state index contributed by atoms with van der Waals surface area (Å²) in [7, 11) is 0. The average Bonchev–Trinajstić information content (AvgIpc) is 2.66. The van der Waals surface area contributed by atoms with Crippen LogP contribution in [0.5, 0.6) is 5.75 Å². The van der Waals surface area contributed by atoms with Gasteiger partial charge in [0.05, 0.1) is 6.54 Å². The van der Waals surface area contributed by atoms with E-state index in [0.717, 1.165) is 16.8 Å². The lowest BCUT2D eigenvalue weighted by Crippen LogP contribution is -2.37. The van der Waals surface area contributed by atoms with Gasteiger partial charge in [0.2, 0.25) is 0 Å². The number of aliphatic hydroxyl groups is 1. The van der Waals surface area contributed by atoms with Crippen LogP contribution in [-0.2, 0) is 12.7 Å². The molecule has 6 nitrogen and oxygen atoms in total. The van der Waals surface area contributed by atoms with E-state index in [1.165, 1.54) is 0 Å². The first-order chi connectivity index (χ1) is 13.7. The number of aromatic nitrogens is 1. The number of carbonyl (C=O) groups excluding carboxylic acids is 1. The third kappa shape index (κ3) is 4.57. The third-order valence-corrected chi connectivity index (χ3v) is 4.29. The number of carbonyl (C=O) groups is 1. The van der Waals surface area contributed by atoms with Crippen LogP contribution in [0.2, 0.25) is 0 Å². The Bertz CT molecular complexity index is 1110. The van der Waals surface area contributed by atoms with Gasteiger partial charge in [0.25, 0.3) is 11.5 Å². The number of hydrogen-bond donors (Lipinski definition) is 2. The Morgan fingerprint density at radius 2 is 1.79 bits per heavy atom. The minimum Gasteiger partial charge on any atom is -0.491 e. The molecule has 3 N–H and O–H groups in total. The van der Waals surface area contributed by atoms with Crippen LogP contribution in [0, 0.1) is 0 Å². The number of alkyl halides is 3. The molecule has 0 aliphatic rings. The van der Waals surface area contributed by atoms with Gasteiger partial charge in [-0.05, 0) is 35.0 Å². The number of pyridine rings is 1. The number of hydrogen-bond acceptors (Lipinski definition) is 4. The quantitative estimate of drug-likeness (QED) is 0.658. The topological polar surface area (TPSA) is 94.6 Å². The number of primary amides is 1. The Kier molecular flexibility index (Phi) is 5.60. The van der Waals surface area contributed by atoms with E-state index in [0.29, 0.717) is 11.8 Å². The molecule has 0 saturated carbocycles. The van der Waals surface area contributed by atoms with Crippen LogP contribution in [0.25, 0.3) is 10.8 Å². The SMILES string of the molecule is NC(=O)c1ccc(C(F)(F)F)n(C[C@H](O)COc2ccc3ccccc3c2)c1=O. The van der Waals surface area contributed by atoms with Gasteiger partial charge in [0.15, 0.2) is 0 Å². The molecule has 0 aliphatic heterocycles. The van der Waals surface area contributed by atoms with Crippen LogP contribution >= 0.6 is 0 Å². The van der Waals surface area contributed by atoms with Crippen LogP contribution in [0.15, 0.2) is 59.4 Å². The number of aliphatic hydroxyl groups excluding tert-OH is 1. The van der Waals surface area contributed by atoms with Gasteiger partial charge in [-0.2, -0.15) is 13.2 Å². The smallest absolute Gasteiger partial charge is 0.431 e. The van der Waals surface area contributed by atoms with E-state index in [4.69, 9.17) is 10.5 Å². The summed E-state index contributed by atoms with van der Waals surface area (Å²) in [6.07, 6.45) is -6.29. The lowest BCUT2D eigenvalue weighted by Gasteiger charge is -2.19. The zero-order valence-corrected chi connectivity index (χ0v) is 15.0. The van der Waals surface area contributed by atoms with Crippen molar-refractivity contribution in [2.45, 2.75) is 18.8 Å². The molecule has 1 amide bonds. The van der Waals surface area contributed by atoms with Crippen LogP contribution in [0.3, 0.4) is 0 Å². The summed E-state index contributed by atoms with van der Waals surface area (Å²) in [5.74, 6) is -0.739. The Labute approximate surface area is 162 Å². The molecule has 0 bridgehead atoms. The molecular weight excluding hydrogens is 389 g/mol. The number of nitrogens with zero attached hydrogens (tertiary/aromatic N) is 1. The first-order valence-corrected chi connectivity index (χ1v) is 8.57. The lowest BCUT2D eigenvalue weighted by molar-refractivity contribution is -0.144. The molecule has 0 radical (unpaired) electrons. The summed E-state index contributed by atoms with van der Waals surface area (Å²) >= 11 is 0. The fraction of sp³-hybridized carbons (Fsp3) is 0.200. The summed E-state index contributed by atoms with van der Waals surface area (Å²) in [6, 6.07) is 14.0. The van der Waals surface area contributed by atoms with Crippen LogP contribution < -0.4 is 16.0 Å². The highest BCUT2D eigenvalue weighted by Gasteiger charge is 2.35. The highest BCUT2D eigenvalue weighted by atomic mass is 19.4. The highest BCUT2D eigenvalue weighted by Crippen LogP contribution is 2.28. The Hall–Kier alpha value is -3.33. The molecule has 3 aromatic rings. The van der Waals surface area contributed by atoms with Gasteiger partial charge in [-0.1, -0.05) is 30.3 Å². The van der Waals surface area contributed by atoms with E-state index in [1.807, 2.05) is 24.3 Å². The van der Waals surface area contributed by atoms with Gasteiger partial charge < -0.3 is 20.1 Å². The molecule has 152 valence electrons. The van der Waals surface area contributed by atoms with Gasteiger partial charge >= 0.3 is 6.18 Å². The fourth-order valence-electron chi connectivity index (χ4n) is 2.91. The standard InChI is InChI=1S/C20H17F3N2O4/c21-20(22,23)17-8-7-16(18(24)27)19(28)25(17)10-14(26)11-29-15-6-5-12-3-1-2-4-13(12)9-15/h1-9,14,26H,10-11H2,(H2,24,27)/t14-/m0/s1. The summed E-state index contributed by atoms with van der Waals surface area (Å²) in [5, 5.41) is 12.0. The van der Waals surface area contributed by atoms with Crippen molar-refractivity contribution in [1.82, 2.24) is 4.57 Å². The van der Waals surface area contributed by atoms with E-state index >= 15 is 0 Å². The Balaban J connectivity index is 1.80. The van der Waals surface area contributed by atoms with E-state index in [1.54, 1.807) is 18.2 Å². The summed E-state index contributed by atoms with van der Waals surface area (Å²) in [6.45, 7) is -1.08. The van der Waals surface area contributed by atoms with Crippen molar-refractivity contribution in [3.05, 3.63) is 76.2 Å². The summed E-state index contributed by atoms with van der Waals surface area (Å²) in [5.41, 5.74) is 1.92. The molecule has 0 unspecified atom stereocenters. The number of benzene rings is 2. The third-order valence-electron chi connectivity index (χ3n) is 4.29. The molecule has 3 rings (SSSR count). The molecule has 1 heterocycles. The average molecular weight is 406 g/mol. The van der Waals surface area contributed by atoms with E-state index < -0.39 is 41.5 Å². The van der Waals surface area contributed by atoms with Crippen LogP contribution in [0.4, 0.5) is 13.2 Å². The van der Waals surface area contributed by atoms with Gasteiger partial charge in [-0.3, -0.25) is 9.59 Å². The normalized spacial score (nSPS) is 12.7. The van der Waals surface area contributed by atoms with Crippen molar-refractivity contribution in [2.24, 2.45) is 5.73 Å². The maximum absolute atomic E-state index is 13.2. The zero-order chi connectivity index (χ0) is 21.2. The number of amides is 1. The van der Waals surface area contributed by atoms with Gasteiger partial charge in [-0.15, -0.1) is 0 Å². The minimum absolute atomic E-state index is 0.286. The fourth-order valence-corrected chi connectivity index (χ4v) is 2.91. The highest BCUT2D eigenvalue weighted by molar-refractivity contribution is 5.92. The second-order valence-corrected chi connectivity index (χ2v) is 6.38. The second-order valence-electron chi connectivity index (χ2n) is 6.38. The van der Waals surface area contributed by atoms with Crippen molar-refractivity contribution in [3.63, 3.8) is 0 Å². The molecule has 1 atom stereocenters. The molecule has 0 saturated heterocycles. The number of halogens is 3. The van der Waals surface area contributed by atoms with Crippen LogP contribution in [-0.4, -0.2) is 28.3 Å². The molecule has 0 fully saturated rings. The van der Waals surface area contributed by atoms with E-state index in [-0.39, 0.29) is 11.2 Å². The van der Waals surface area contributed by atoms with E-state index in [2.05, 4.69) is 0 Å². The molecular formula is C20H17F3N2O4. The largest absolute Gasteiger partial charge is 0.491 e. The molecule has 9 heteroatoms. The van der Waals surface area contributed by atoms with Gasteiger partial charge in [0, 0.05) is 0 Å². The predicted molar refractivity (Wildman–Crippen MR) is 99.7 cm³/mol. The van der Waals surface area contributed by atoms with Gasteiger partial charge in [-0.25, -0.2) is 0 Å². The molecule has 1 aromatic heterocycles. The first kappa shape index (κ1) is 20.4. The number of nitrogens with two attached hydrogens (primary N) is 1. The maximum atomic E-state index is 13.2. The van der Waals surface area contributed by atoms with E-state index in [9.17, 15) is 27.9 Å². The van der Waals surface area contributed by atoms with Crippen molar-refractivity contribution in [2.75, 3.05) is 6.61 Å². The van der Waals surface area contributed by atoms with Crippen molar-refractivity contribution < 1.29 is 27.8 Å². The Morgan fingerprint density at radius 3 is 2.45 bits per heavy atom. The number of ether oxygens (including phenoxy) is 1. The Morgan fingerprint density at radius 1 is 1.10 bits per heavy atom. The van der Waals surface area contributed by atoms with Crippen LogP contribution in [0.1, 0.15) is 16.1 Å². The minimum atomic E-state index is -4.85. The monoisotopic (exact) mass is 406 g/mol. The maximum Gasteiger partial charge on any atom is 0.431 e.